The number of aliphatic hydroxyl groups excluding tert-OH is 2. The number of rotatable bonds is 21. The molecule has 0 heterocycles. The Hall–Kier alpha value is -1.23. The molecular weight excluding hydrogens is 400 g/mol. The number of unbranched alkanes of at least 4 members (excludes halogenated alkanes) is 15. The minimum Gasteiger partial charge on any atom is -0.393 e. The Kier molecular flexibility index (Phi) is 16.4. The van der Waals surface area contributed by atoms with E-state index in [1.807, 2.05) is 0 Å². The molecule has 4 nitrogen and oxygen atoms in total. The van der Waals surface area contributed by atoms with Gasteiger partial charge in [0.25, 0.3) is 0 Å². The van der Waals surface area contributed by atoms with Crippen molar-refractivity contribution in [1.82, 2.24) is 0 Å². The summed E-state index contributed by atoms with van der Waals surface area (Å²) in [5, 5.41) is 30.6. The monoisotopic (exact) mass is 448 g/mol. The minimum atomic E-state index is -2.13. The first-order valence-electron chi connectivity index (χ1n) is 13.2. The third-order valence-electron chi connectivity index (χ3n) is 6.55. The lowest BCUT2D eigenvalue weighted by atomic mass is 9.85. The van der Waals surface area contributed by atoms with Crippen molar-refractivity contribution in [3.8, 4) is 0 Å². The summed E-state index contributed by atoms with van der Waals surface area (Å²) in [5.74, 6) is -0.621. The highest BCUT2D eigenvalue weighted by Crippen LogP contribution is 2.22. The molecule has 0 fully saturated rings. The lowest BCUT2D eigenvalue weighted by molar-refractivity contribution is -0.0808. The molecule has 0 saturated carbocycles. The van der Waals surface area contributed by atoms with Gasteiger partial charge in [0.15, 0.2) is 11.4 Å². The van der Waals surface area contributed by atoms with E-state index in [1.54, 1.807) is 30.3 Å². The van der Waals surface area contributed by atoms with E-state index in [4.69, 9.17) is 0 Å². The third kappa shape index (κ3) is 11.6. The van der Waals surface area contributed by atoms with Crippen LogP contribution in [0.2, 0.25) is 0 Å². The van der Waals surface area contributed by atoms with Gasteiger partial charge in [-0.25, -0.2) is 0 Å². The molecule has 3 N–H and O–H groups in total. The van der Waals surface area contributed by atoms with Crippen molar-refractivity contribution in [2.24, 2.45) is 0 Å². The number of benzene rings is 1. The molecule has 0 saturated heterocycles. The molecule has 0 aliphatic heterocycles. The second kappa shape index (κ2) is 18.2. The first-order chi connectivity index (χ1) is 15.6. The van der Waals surface area contributed by atoms with Crippen LogP contribution in [-0.4, -0.2) is 39.4 Å². The van der Waals surface area contributed by atoms with Crippen molar-refractivity contribution in [2.45, 2.75) is 128 Å². The number of aliphatic hydroxyl groups is 3. The largest absolute Gasteiger partial charge is 0.393 e. The Bertz CT molecular complexity index is 574. The van der Waals surface area contributed by atoms with E-state index in [0.717, 1.165) is 19.3 Å². The zero-order valence-electron chi connectivity index (χ0n) is 20.4. The van der Waals surface area contributed by atoms with E-state index in [9.17, 15) is 20.1 Å². The van der Waals surface area contributed by atoms with Gasteiger partial charge in [-0.05, 0) is 6.42 Å². The Morgan fingerprint density at radius 3 is 1.56 bits per heavy atom. The first kappa shape index (κ1) is 28.8. The molecule has 0 aromatic heterocycles. The fourth-order valence-corrected chi connectivity index (χ4v) is 4.29. The minimum absolute atomic E-state index is 0.301. The molecule has 0 spiro atoms. The van der Waals surface area contributed by atoms with Gasteiger partial charge in [-0.2, -0.15) is 0 Å². The van der Waals surface area contributed by atoms with Gasteiger partial charge in [-0.15, -0.1) is 0 Å². The van der Waals surface area contributed by atoms with Crippen LogP contribution in [-0.2, 0) is 0 Å². The number of hydrogen-bond donors (Lipinski definition) is 3. The van der Waals surface area contributed by atoms with Gasteiger partial charge < -0.3 is 15.3 Å². The molecule has 0 bridgehead atoms. The van der Waals surface area contributed by atoms with Crippen molar-refractivity contribution in [2.75, 3.05) is 6.61 Å². The summed E-state index contributed by atoms with van der Waals surface area (Å²) in [6.07, 6.45) is 19.4. The number of hydrogen-bond acceptors (Lipinski definition) is 4. The number of carbonyl (C=O) groups is 1. The summed E-state index contributed by atoms with van der Waals surface area (Å²) in [7, 11) is 0. The van der Waals surface area contributed by atoms with Crippen molar-refractivity contribution in [1.29, 1.82) is 0 Å². The average Bonchev–Trinajstić information content (AvgIpc) is 2.83. The lowest BCUT2D eigenvalue weighted by Gasteiger charge is -2.29. The number of ketones is 1. The average molecular weight is 449 g/mol. The van der Waals surface area contributed by atoms with Crippen LogP contribution in [0.4, 0.5) is 0 Å². The maximum atomic E-state index is 12.5. The fraction of sp³-hybridized carbons (Fsp3) is 0.750. The molecule has 1 aromatic rings. The third-order valence-corrected chi connectivity index (χ3v) is 6.55. The molecule has 0 radical (unpaired) electrons. The highest BCUT2D eigenvalue weighted by molar-refractivity contribution is 6.02. The van der Waals surface area contributed by atoms with Crippen LogP contribution < -0.4 is 0 Å². The Morgan fingerprint density at radius 1 is 0.750 bits per heavy atom. The van der Waals surface area contributed by atoms with Crippen molar-refractivity contribution in [3.63, 3.8) is 0 Å². The smallest absolute Gasteiger partial charge is 0.199 e. The molecule has 0 aliphatic rings. The maximum absolute atomic E-state index is 12.5. The van der Waals surface area contributed by atoms with E-state index < -0.39 is 24.1 Å². The molecule has 4 heteroatoms. The van der Waals surface area contributed by atoms with Gasteiger partial charge >= 0.3 is 0 Å². The van der Waals surface area contributed by atoms with Crippen LogP contribution in [0.5, 0.6) is 0 Å². The normalized spacial score (nSPS) is 14.2. The topological polar surface area (TPSA) is 77.8 Å². The van der Waals surface area contributed by atoms with Gasteiger partial charge in [-0.1, -0.05) is 140 Å². The SMILES string of the molecule is CCCCCCCCCCCCCCCCCCC(O)C(O)(CO)C(=O)c1ccccc1. The second-order valence-corrected chi connectivity index (χ2v) is 9.39. The predicted octanol–water partition coefficient (Wildman–Crippen LogP) is 6.61. The molecule has 0 aliphatic carbocycles. The van der Waals surface area contributed by atoms with E-state index in [-0.39, 0.29) is 0 Å². The molecule has 32 heavy (non-hydrogen) atoms. The summed E-state index contributed by atoms with van der Waals surface area (Å²) in [6.45, 7) is 1.49. The maximum Gasteiger partial charge on any atom is 0.199 e. The van der Waals surface area contributed by atoms with E-state index in [0.29, 0.717) is 12.0 Å². The summed E-state index contributed by atoms with van der Waals surface area (Å²) >= 11 is 0. The standard InChI is InChI=1S/C28H48O4/c1-2-3-4-5-6-7-8-9-10-11-12-13-14-15-16-20-23-26(30)28(32,24-29)27(31)25-21-18-17-19-22-25/h17-19,21-22,26,29-30,32H,2-16,20,23-24H2,1H3. The lowest BCUT2D eigenvalue weighted by Crippen LogP contribution is -2.52. The zero-order valence-corrected chi connectivity index (χ0v) is 20.4. The van der Waals surface area contributed by atoms with Crippen molar-refractivity contribution >= 4 is 5.78 Å². The second-order valence-electron chi connectivity index (χ2n) is 9.39. The molecule has 1 rings (SSSR count). The van der Waals surface area contributed by atoms with Crippen molar-refractivity contribution < 1.29 is 20.1 Å². The summed E-state index contributed by atoms with van der Waals surface area (Å²) < 4.78 is 0. The van der Waals surface area contributed by atoms with Crippen LogP contribution in [0.15, 0.2) is 30.3 Å². The Balaban J connectivity index is 2.02. The van der Waals surface area contributed by atoms with Gasteiger partial charge in [-0.3, -0.25) is 4.79 Å². The van der Waals surface area contributed by atoms with E-state index >= 15 is 0 Å². The molecular formula is C28H48O4. The van der Waals surface area contributed by atoms with Crippen LogP contribution in [0.1, 0.15) is 126 Å². The molecule has 2 atom stereocenters. The van der Waals surface area contributed by atoms with Crippen LogP contribution in [0.3, 0.4) is 0 Å². The fourth-order valence-electron chi connectivity index (χ4n) is 4.29. The van der Waals surface area contributed by atoms with Gasteiger partial charge in [0, 0.05) is 5.56 Å². The number of Topliss-reactive ketones (excluding diaryl/α,β-unsaturated/α-hetero) is 1. The first-order valence-corrected chi connectivity index (χ1v) is 13.2. The molecule has 2 unspecified atom stereocenters. The molecule has 0 amide bonds. The van der Waals surface area contributed by atoms with E-state index in [2.05, 4.69) is 6.92 Å². The summed E-state index contributed by atoms with van der Waals surface area (Å²) in [6, 6.07) is 8.36. The van der Waals surface area contributed by atoms with Gasteiger partial charge in [0.2, 0.25) is 0 Å². The van der Waals surface area contributed by atoms with Crippen LogP contribution in [0, 0.1) is 0 Å². The molecule has 1 aromatic carbocycles. The van der Waals surface area contributed by atoms with Crippen molar-refractivity contribution in [3.05, 3.63) is 35.9 Å². The predicted molar refractivity (Wildman–Crippen MR) is 133 cm³/mol. The summed E-state index contributed by atoms with van der Waals surface area (Å²) in [5.41, 5.74) is -1.83. The van der Waals surface area contributed by atoms with Gasteiger partial charge in [0.05, 0.1) is 12.7 Å². The quantitative estimate of drug-likeness (QED) is 0.146. The highest BCUT2D eigenvalue weighted by Gasteiger charge is 2.42. The Labute approximate surface area is 196 Å². The van der Waals surface area contributed by atoms with E-state index in [1.165, 1.54) is 83.5 Å². The van der Waals surface area contributed by atoms with Gasteiger partial charge in [0.1, 0.15) is 0 Å². The zero-order chi connectivity index (χ0) is 23.5. The summed E-state index contributed by atoms with van der Waals surface area (Å²) in [4.78, 5) is 12.5. The Morgan fingerprint density at radius 2 is 1.16 bits per heavy atom. The number of carbonyl (C=O) groups excluding carboxylic acids is 1. The highest BCUT2D eigenvalue weighted by atomic mass is 16.4. The molecule has 184 valence electrons. The van der Waals surface area contributed by atoms with Crippen LogP contribution >= 0.6 is 0 Å². The van der Waals surface area contributed by atoms with Crippen LogP contribution in [0.25, 0.3) is 0 Å².